The fourth-order valence-corrected chi connectivity index (χ4v) is 1.94. The van der Waals surface area contributed by atoms with Crippen LogP contribution in [0, 0.1) is 12.7 Å². The number of hydrogen-bond acceptors (Lipinski definition) is 6. The Labute approximate surface area is 136 Å². The van der Waals surface area contributed by atoms with E-state index in [1.54, 1.807) is 19.1 Å². The van der Waals surface area contributed by atoms with E-state index in [9.17, 15) is 9.18 Å². The van der Waals surface area contributed by atoms with Crippen LogP contribution in [0.1, 0.15) is 27.9 Å². The highest BCUT2D eigenvalue weighted by atomic mass is 19.1. The molecule has 0 bridgehead atoms. The normalized spacial score (nSPS) is 10.6. The van der Waals surface area contributed by atoms with Crippen molar-refractivity contribution >= 4 is 5.91 Å². The van der Waals surface area contributed by atoms with Crippen molar-refractivity contribution in [3.05, 3.63) is 65.5 Å². The third-order valence-corrected chi connectivity index (χ3v) is 3.09. The lowest BCUT2D eigenvalue weighted by Gasteiger charge is -2.03. The van der Waals surface area contributed by atoms with Gasteiger partial charge in [-0.1, -0.05) is 17.3 Å². The summed E-state index contributed by atoms with van der Waals surface area (Å²) in [5.74, 6) is 0.558. The number of aromatic nitrogens is 2. The van der Waals surface area contributed by atoms with Crippen molar-refractivity contribution in [2.24, 2.45) is 0 Å². The monoisotopic (exact) mass is 331 g/mol. The van der Waals surface area contributed by atoms with E-state index in [1.807, 2.05) is 0 Å². The molecule has 0 spiro atoms. The van der Waals surface area contributed by atoms with Crippen molar-refractivity contribution in [3.8, 4) is 5.75 Å². The topological polar surface area (TPSA) is 90.4 Å². The number of carbonyl (C=O) groups excluding carboxylic acids is 1. The number of hydrogen-bond donors (Lipinski definition) is 1. The van der Waals surface area contributed by atoms with Gasteiger partial charge >= 0.3 is 0 Å². The minimum absolute atomic E-state index is 0.0392. The Kier molecular flexibility index (Phi) is 4.55. The van der Waals surface area contributed by atoms with E-state index in [0.29, 0.717) is 17.4 Å². The molecule has 1 aromatic carbocycles. The van der Waals surface area contributed by atoms with Crippen LogP contribution in [0.25, 0.3) is 0 Å². The number of ether oxygens (including phenoxy) is 1. The van der Waals surface area contributed by atoms with Crippen LogP contribution in [0.3, 0.4) is 0 Å². The van der Waals surface area contributed by atoms with Crippen LogP contribution in [-0.4, -0.2) is 16.0 Å². The first-order chi connectivity index (χ1) is 11.6. The van der Waals surface area contributed by atoms with E-state index in [4.69, 9.17) is 13.7 Å². The highest BCUT2D eigenvalue weighted by Gasteiger charge is 2.14. The molecule has 24 heavy (non-hydrogen) atoms. The molecule has 2 heterocycles. The number of rotatable bonds is 6. The Morgan fingerprint density at radius 1 is 1.33 bits per heavy atom. The lowest BCUT2D eigenvalue weighted by atomic mass is 10.3. The molecule has 1 N–H and O–H groups in total. The third-order valence-electron chi connectivity index (χ3n) is 3.09. The number of nitrogens with one attached hydrogen (secondary N) is 1. The minimum Gasteiger partial charge on any atom is -0.482 e. The molecule has 0 unspecified atom stereocenters. The largest absolute Gasteiger partial charge is 0.482 e. The van der Waals surface area contributed by atoms with Gasteiger partial charge in [0.2, 0.25) is 0 Å². The zero-order valence-corrected chi connectivity index (χ0v) is 12.8. The van der Waals surface area contributed by atoms with Crippen LogP contribution in [0.15, 0.2) is 45.5 Å². The summed E-state index contributed by atoms with van der Waals surface area (Å²) in [4.78, 5) is 15.9. The number of nitrogens with zero attached hydrogens (tertiary/aromatic N) is 2. The standard InChI is InChI=1S/C16H14FN3O4/c1-10-18-7-12(23-10)8-19-16(21)14-6-11(24-20-14)9-22-15-5-3-2-4-13(15)17/h2-7H,8-9H2,1H3,(H,19,21). The second-order valence-corrected chi connectivity index (χ2v) is 4.93. The maximum absolute atomic E-state index is 13.4. The molecule has 124 valence electrons. The Hall–Kier alpha value is -3.16. The molecule has 0 radical (unpaired) electrons. The van der Waals surface area contributed by atoms with Crippen molar-refractivity contribution < 1.29 is 22.9 Å². The van der Waals surface area contributed by atoms with E-state index >= 15 is 0 Å². The van der Waals surface area contributed by atoms with Crippen LogP contribution >= 0.6 is 0 Å². The number of amides is 1. The van der Waals surface area contributed by atoms with E-state index in [2.05, 4.69) is 15.5 Å². The van der Waals surface area contributed by atoms with Gasteiger partial charge in [0, 0.05) is 13.0 Å². The van der Waals surface area contributed by atoms with Gasteiger partial charge in [0.1, 0.15) is 12.4 Å². The summed E-state index contributed by atoms with van der Waals surface area (Å²) >= 11 is 0. The van der Waals surface area contributed by atoms with E-state index < -0.39 is 11.7 Å². The zero-order valence-electron chi connectivity index (χ0n) is 12.8. The molecule has 0 atom stereocenters. The number of halogens is 1. The Morgan fingerprint density at radius 2 is 2.17 bits per heavy atom. The molecule has 0 aliphatic rings. The maximum Gasteiger partial charge on any atom is 0.273 e. The second-order valence-electron chi connectivity index (χ2n) is 4.93. The number of benzene rings is 1. The fraction of sp³-hybridized carbons (Fsp3) is 0.188. The van der Waals surface area contributed by atoms with Crippen LogP contribution in [0.2, 0.25) is 0 Å². The molecule has 0 fully saturated rings. The molecule has 1 amide bonds. The van der Waals surface area contributed by atoms with Gasteiger partial charge in [-0.05, 0) is 12.1 Å². The van der Waals surface area contributed by atoms with Crippen molar-refractivity contribution in [2.75, 3.05) is 0 Å². The first kappa shape index (κ1) is 15.7. The Morgan fingerprint density at radius 3 is 2.92 bits per heavy atom. The predicted octanol–water partition coefficient (Wildman–Crippen LogP) is 2.62. The second kappa shape index (κ2) is 6.95. The van der Waals surface area contributed by atoms with E-state index in [0.717, 1.165) is 0 Å². The molecular weight excluding hydrogens is 317 g/mol. The summed E-state index contributed by atoms with van der Waals surface area (Å²) in [5.41, 5.74) is 0.0957. The van der Waals surface area contributed by atoms with Gasteiger partial charge in [0.25, 0.3) is 5.91 Å². The smallest absolute Gasteiger partial charge is 0.273 e. The molecule has 0 aliphatic heterocycles. The summed E-state index contributed by atoms with van der Waals surface area (Å²) in [6.45, 7) is 1.86. The maximum atomic E-state index is 13.4. The SMILES string of the molecule is Cc1ncc(CNC(=O)c2cc(COc3ccccc3F)on2)o1. The quantitative estimate of drug-likeness (QED) is 0.747. The molecule has 8 heteroatoms. The van der Waals surface area contributed by atoms with Gasteiger partial charge in [-0.3, -0.25) is 4.79 Å². The third kappa shape index (κ3) is 3.78. The van der Waals surface area contributed by atoms with Gasteiger partial charge in [0.15, 0.2) is 28.9 Å². The average molecular weight is 331 g/mol. The Balaban J connectivity index is 1.54. The van der Waals surface area contributed by atoms with Crippen LogP contribution in [0.4, 0.5) is 4.39 Å². The van der Waals surface area contributed by atoms with Crippen molar-refractivity contribution in [1.29, 1.82) is 0 Å². The summed E-state index contributed by atoms with van der Waals surface area (Å²) in [6, 6.07) is 7.44. The Bertz CT molecular complexity index is 843. The average Bonchev–Trinajstić information content (AvgIpc) is 3.21. The van der Waals surface area contributed by atoms with Gasteiger partial charge in [0.05, 0.1) is 12.7 Å². The number of para-hydroxylation sites is 1. The lowest BCUT2D eigenvalue weighted by Crippen LogP contribution is -2.22. The molecule has 2 aromatic heterocycles. The van der Waals surface area contributed by atoms with Crippen molar-refractivity contribution in [1.82, 2.24) is 15.5 Å². The molecule has 0 aliphatic carbocycles. The summed E-state index contributed by atoms with van der Waals surface area (Å²) in [6.07, 6.45) is 1.53. The predicted molar refractivity (Wildman–Crippen MR) is 79.6 cm³/mol. The van der Waals surface area contributed by atoms with Gasteiger partial charge < -0.3 is 19.0 Å². The van der Waals surface area contributed by atoms with E-state index in [1.165, 1.54) is 24.4 Å². The lowest BCUT2D eigenvalue weighted by molar-refractivity contribution is 0.0938. The molecule has 3 aromatic rings. The highest BCUT2D eigenvalue weighted by molar-refractivity contribution is 5.92. The van der Waals surface area contributed by atoms with Gasteiger partial charge in [-0.25, -0.2) is 9.37 Å². The summed E-state index contributed by atoms with van der Waals surface area (Å²) in [5, 5.41) is 6.29. The number of aryl methyl sites for hydroxylation is 1. The zero-order chi connectivity index (χ0) is 16.9. The van der Waals surface area contributed by atoms with E-state index in [-0.39, 0.29) is 24.6 Å². The molecule has 0 saturated heterocycles. The first-order valence-electron chi connectivity index (χ1n) is 7.14. The number of oxazole rings is 1. The van der Waals surface area contributed by atoms with Gasteiger partial charge in [-0.2, -0.15) is 0 Å². The van der Waals surface area contributed by atoms with Crippen LogP contribution in [-0.2, 0) is 13.2 Å². The molecule has 7 nitrogen and oxygen atoms in total. The van der Waals surface area contributed by atoms with Crippen LogP contribution < -0.4 is 10.1 Å². The number of carbonyl (C=O) groups is 1. The minimum atomic E-state index is -0.475. The van der Waals surface area contributed by atoms with Crippen LogP contribution in [0.5, 0.6) is 5.75 Å². The fourth-order valence-electron chi connectivity index (χ4n) is 1.94. The summed E-state index contributed by atoms with van der Waals surface area (Å²) < 4.78 is 29.0. The molecule has 3 rings (SSSR count). The molecular formula is C16H14FN3O4. The molecule has 0 saturated carbocycles. The summed E-state index contributed by atoms with van der Waals surface area (Å²) in [7, 11) is 0. The highest BCUT2D eigenvalue weighted by Crippen LogP contribution is 2.17. The van der Waals surface area contributed by atoms with Crippen molar-refractivity contribution in [2.45, 2.75) is 20.1 Å². The van der Waals surface area contributed by atoms with Crippen molar-refractivity contribution in [3.63, 3.8) is 0 Å². The first-order valence-corrected chi connectivity index (χ1v) is 7.14. The van der Waals surface area contributed by atoms with Gasteiger partial charge in [-0.15, -0.1) is 0 Å².